The molecule has 1 aliphatic heterocycles. The number of nitrogens with zero attached hydrogens (tertiary/aromatic N) is 4. The van der Waals surface area contributed by atoms with Crippen molar-refractivity contribution in [1.29, 1.82) is 0 Å². The summed E-state index contributed by atoms with van der Waals surface area (Å²) in [4.78, 5) is 26.6. The van der Waals surface area contributed by atoms with E-state index in [2.05, 4.69) is 10.3 Å². The van der Waals surface area contributed by atoms with Crippen LogP contribution < -0.4 is 10.3 Å². The monoisotopic (exact) mass is 394 g/mol. The van der Waals surface area contributed by atoms with Crippen molar-refractivity contribution in [3.05, 3.63) is 63.8 Å². The molecule has 150 valence electrons. The number of aromatic nitrogens is 3. The van der Waals surface area contributed by atoms with Gasteiger partial charge in [-0.2, -0.15) is 5.10 Å². The van der Waals surface area contributed by atoms with Gasteiger partial charge in [-0.25, -0.2) is 4.68 Å². The van der Waals surface area contributed by atoms with Crippen molar-refractivity contribution >= 4 is 5.91 Å². The third kappa shape index (κ3) is 3.53. The zero-order chi connectivity index (χ0) is 20.5. The molecule has 4 rings (SSSR count). The molecule has 1 aliphatic rings. The van der Waals surface area contributed by atoms with Gasteiger partial charge >= 0.3 is 0 Å². The summed E-state index contributed by atoms with van der Waals surface area (Å²) in [6, 6.07) is 10.6. The average Bonchev–Trinajstić information content (AvgIpc) is 3.00. The van der Waals surface area contributed by atoms with E-state index in [1.54, 1.807) is 25.0 Å². The Labute approximate surface area is 167 Å². The molecule has 3 heterocycles. The number of benzene rings is 1. The fourth-order valence-electron chi connectivity index (χ4n) is 3.52. The summed E-state index contributed by atoms with van der Waals surface area (Å²) in [5.74, 6) is 1.34. The Hall–Kier alpha value is -3.42. The highest BCUT2D eigenvalue weighted by Crippen LogP contribution is 2.28. The van der Waals surface area contributed by atoms with Gasteiger partial charge in [0.1, 0.15) is 11.5 Å². The van der Waals surface area contributed by atoms with Gasteiger partial charge in [-0.15, -0.1) is 0 Å². The molecule has 3 aromatic rings. The molecule has 0 atom stereocenters. The molecule has 1 aromatic carbocycles. The Morgan fingerprint density at radius 1 is 1.21 bits per heavy atom. The van der Waals surface area contributed by atoms with E-state index in [0.717, 1.165) is 16.8 Å². The van der Waals surface area contributed by atoms with E-state index in [1.807, 2.05) is 31.2 Å². The van der Waals surface area contributed by atoms with Crippen LogP contribution in [-0.4, -0.2) is 45.9 Å². The minimum absolute atomic E-state index is 0.00965. The summed E-state index contributed by atoms with van der Waals surface area (Å²) in [5, 5.41) is 8.42. The van der Waals surface area contributed by atoms with Crippen LogP contribution in [0.5, 0.6) is 5.75 Å². The minimum Gasteiger partial charge on any atom is -0.496 e. The molecule has 8 heteroatoms. The number of likely N-dealkylation sites (tertiary alicyclic amines) is 1. The molecule has 0 aliphatic carbocycles. The molecule has 2 aromatic heterocycles. The highest BCUT2D eigenvalue weighted by molar-refractivity contribution is 5.80. The zero-order valence-corrected chi connectivity index (χ0v) is 16.6. The first kappa shape index (κ1) is 18.9. The van der Waals surface area contributed by atoms with Gasteiger partial charge in [0, 0.05) is 30.3 Å². The summed E-state index contributed by atoms with van der Waals surface area (Å²) in [6.45, 7) is 4.52. The number of carbonyl (C=O) groups excluding carboxylic acids is 1. The van der Waals surface area contributed by atoms with Gasteiger partial charge in [0.15, 0.2) is 0 Å². The predicted octanol–water partition coefficient (Wildman–Crippen LogP) is 2.15. The van der Waals surface area contributed by atoms with E-state index < -0.39 is 0 Å². The van der Waals surface area contributed by atoms with Crippen LogP contribution in [0.2, 0.25) is 0 Å². The molecule has 0 N–H and O–H groups in total. The van der Waals surface area contributed by atoms with Crippen LogP contribution in [0.4, 0.5) is 0 Å². The van der Waals surface area contributed by atoms with Crippen LogP contribution in [0.15, 0.2) is 45.7 Å². The predicted molar refractivity (Wildman–Crippen MR) is 106 cm³/mol. The first-order valence-corrected chi connectivity index (χ1v) is 9.40. The first-order valence-electron chi connectivity index (χ1n) is 9.40. The van der Waals surface area contributed by atoms with Crippen LogP contribution in [-0.2, 0) is 11.2 Å². The molecular weight excluding hydrogens is 372 g/mol. The lowest BCUT2D eigenvalue weighted by Crippen LogP contribution is -2.53. The Morgan fingerprint density at radius 3 is 2.66 bits per heavy atom. The summed E-state index contributed by atoms with van der Waals surface area (Å²) < 4.78 is 12.0. The summed E-state index contributed by atoms with van der Waals surface area (Å²) >= 11 is 0. The molecule has 0 unspecified atom stereocenters. The van der Waals surface area contributed by atoms with Gasteiger partial charge < -0.3 is 14.2 Å². The lowest BCUT2D eigenvalue weighted by molar-refractivity contribution is -0.136. The quantitative estimate of drug-likeness (QED) is 0.659. The number of rotatable bonds is 5. The van der Waals surface area contributed by atoms with Gasteiger partial charge in [0.2, 0.25) is 5.91 Å². The number of para-hydroxylation sites is 1. The van der Waals surface area contributed by atoms with E-state index in [4.69, 9.17) is 9.26 Å². The topological polar surface area (TPSA) is 90.5 Å². The second-order valence-electron chi connectivity index (χ2n) is 7.13. The number of hydrogen-bond acceptors (Lipinski definition) is 6. The first-order chi connectivity index (χ1) is 14.0. The summed E-state index contributed by atoms with van der Waals surface area (Å²) in [5.41, 5.74) is 2.84. The third-order valence-electron chi connectivity index (χ3n) is 5.28. The third-order valence-corrected chi connectivity index (χ3v) is 5.28. The maximum Gasteiger partial charge on any atom is 0.267 e. The lowest BCUT2D eigenvalue weighted by atomic mass is 10.1. The highest BCUT2D eigenvalue weighted by atomic mass is 16.5. The van der Waals surface area contributed by atoms with Gasteiger partial charge in [-0.3, -0.25) is 9.59 Å². The molecule has 1 amide bonds. The van der Waals surface area contributed by atoms with Gasteiger partial charge in [0.25, 0.3) is 5.56 Å². The van der Waals surface area contributed by atoms with Crippen molar-refractivity contribution in [1.82, 2.24) is 19.8 Å². The number of aryl methyl sites for hydroxylation is 2. The van der Waals surface area contributed by atoms with Crippen LogP contribution in [0.1, 0.15) is 23.1 Å². The molecule has 0 bridgehead atoms. The van der Waals surface area contributed by atoms with Crippen LogP contribution in [0.3, 0.4) is 0 Å². The number of amides is 1. The molecule has 0 saturated carbocycles. The second kappa shape index (κ2) is 7.54. The molecule has 8 nitrogen and oxygen atoms in total. The second-order valence-corrected chi connectivity index (χ2v) is 7.13. The fourth-order valence-corrected chi connectivity index (χ4v) is 3.52. The highest BCUT2D eigenvalue weighted by Gasteiger charge is 2.34. The molecule has 29 heavy (non-hydrogen) atoms. The van der Waals surface area contributed by atoms with E-state index in [0.29, 0.717) is 30.3 Å². The maximum atomic E-state index is 12.6. The molecule has 1 fully saturated rings. The SMILES string of the molecule is COc1ccccc1-c1ccc(=O)n(C2CN(C(=O)Cc3c(C)noc3C)C2)n1. The largest absolute Gasteiger partial charge is 0.496 e. The van der Waals surface area contributed by atoms with Crippen molar-refractivity contribution in [2.45, 2.75) is 26.3 Å². The fraction of sp³-hybridized carbons (Fsp3) is 0.333. The van der Waals surface area contributed by atoms with Crippen molar-refractivity contribution in [3.8, 4) is 17.0 Å². The lowest BCUT2D eigenvalue weighted by Gasteiger charge is -2.39. The Morgan fingerprint density at radius 2 is 1.97 bits per heavy atom. The smallest absolute Gasteiger partial charge is 0.267 e. The number of hydrogen-bond donors (Lipinski definition) is 0. The summed E-state index contributed by atoms with van der Waals surface area (Å²) in [7, 11) is 1.60. The Bertz CT molecular complexity index is 1090. The molecular formula is C21H22N4O4. The average molecular weight is 394 g/mol. The van der Waals surface area contributed by atoms with Crippen molar-refractivity contribution in [3.63, 3.8) is 0 Å². The standard InChI is InChI=1S/C21H22N4O4/c1-13-17(14(2)29-23-13)10-21(27)24-11-15(12-24)25-20(26)9-8-18(22-25)16-6-4-5-7-19(16)28-3/h4-9,15H,10-12H2,1-3H3. The number of ether oxygens (including phenoxy) is 1. The van der Waals surface area contributed by atoms with E-state index in [-0.39, 0.29) is 23.9 Å². The van der Waals surface area contributed by atoms with Crippen molar-refractivity contribution < 1.29 is 14.1 Å². The van der Waals surface area contributed by atoms with E-state index in [9.17, 15) is 9.59 Å². The van der Waals surface area contributed by atoms with E-state index >= 15 is 0 Å². The minimum atomic E-state index is -0.188. The van der Waals surface area contributed by atoms with Gasteiger partial charge in [0.05, 0.1) is 31.0 Å². The maximum absolute atomic E-state index is 12.6. The molecule has 0 spiro atoms. The Kier molecular flexibility index (Phi) is 4.92. The molecule has 0 radical (unpaired) electrons. The number of carbonyl (C=O) groups is 1. The van der Waals surface area contributed by atoms with Crippen molar-refractivity contribution in [2.24, 2.45) is 0 Å². The van der Waals surface area contributed by atoms with Gasteiger partial charge in [-0.1, -0.05) is 17.3 Å². The Balaban J connectivity index is 1.49. The number of methoxy groups -OCH3 is 1. The van der Waals surface area contributed by atoms with Crippen molar-refractivity contribution in [2.75, 3.05) is 20.2 Å². The summed E-state index contributed by atoms with van der Waals surface area (Å²) in [6.07, 6.45) is 0.247. The van der Waals surface area contributed by atoms with Crippen LogP contribution in [0.25, 0.3) is 11.3 Å². The van der Waals surface area contributed by atoms with Crippen LogP contribution in [0, 0.1) is 13.8 Å². The van der Waals surface area contributed by atoms with E-state index in [1.165, 1.54) is 10.7 Å². The zero-order valence-electron chi connectivity index (χ0n) is 16.6. The normalized spacial score (nSPS) is 14.0. The van der Waals surface area contributed by atoms with Crippen LogP contribution >= 0.6 is 0 Å². The van der Waals surface area contributed by atoms with Gasteiger partial charge in [-0.05, 0) is 32.0 Å². The molecule has 1 saturated heterocycles.